The molecule has 0 aliphatic heterocycles. The molecule has 2 N–H and O–H groups in total. The molecule has 2 nitrogen and oxygen atoms in total. The second-order valence-electron chi connectivity index (χ2n) is 3.36. The lowest BCUT2D eigenvalue weighted by Crippen LogP contribution is -2.24. The van der Waals surface area contributed by atoms with Gasteiger partial charge in [0.15, 0.2) is 0 Å². The standard InChI is InChI=1S/C10H12ClNO.C2H6/c11-9-6-7(12)4-5-10(9)13-8-2-1-3-8;1-2/h4-6,8H,1-3,12H2;1-2H3. The SMILES string of the molecule is CC.Nc1ccc(OC2CCC2)c(Cl)c1. The van der Waals surface area contributed by atoms with Gasteiger partial charge in [0.1, 0.15) is 5.75 Å². The van der Waals surface area contributed by atoms with Crippen LogP contribution in [0.1, 0.15) is 33.1 Å². The third-order valence-corrected chi connectivity index (χ3v) is 2.60. The summed E-state index contributed by atoms with van der Waals surface area (Å²) >= 11 is 5.95. The van der Waals surface area contributed by atoms with E-state index < -0.39 is 0 Å². The fourth-order valence-corrected chi connectivity index (χ4v) is 1.51. The molecule has 2 rings (SSSR count). The Morgan fingerprint density at radius 2 is 2.00 bits per heavy atom. The molecule has 15 heavy (non-hydrogen) atoms. The van der Waals surface area contributed by atoms with Gasteiger partial charge in [-0.3, -0.25) is 0 Å². The molecule has 0 aromatic heterocycles. The molecule has 1 fully saturated rings. The molecule has 0 saturated heterocycles. The average Bonchev–Trinajstić information content (AvgIpc) is 2.17. The summed E-state index contributed by atoms with van der Waals surface area (Å²) in [4.78, 5) is 0. The Morgan fingerprint density at radius 3 is 2.47 bits per heavy atom. The van der Waals surface area contributed by atoms with E-state index in [2.05, 4.69) is 0 Å². The highest BCUT2D eigenvalue weighted by molar-refractivity contribution is 6.32. The Kier molecular flexibility index (Phi) is 4.76. The van der Waals surface area contributed by atoms with E-state index in [1.165, 1.54) is 6.42 Å². The molecule has 0 unspecified atom stereocenters. The Balaban J connectivity index is 0.000000531. The Morgan fingerprint density at radius 1 is 1.33 bits per heavy atom. The van der Waals surface area contributed by atoms with Gasteiger partial charge < -0.3 is 10.5 Å². The minimum Gasteiger partial charge on any atom is -0.489 e. The van der Waals surface area contributed by atoms with Crippen molar-refractivity contribution >= 4 is 17.3 Å². The van der Waals surface area contributed by atoms with E-state index in [9.17, 15) is 0 Å². The number of hydrogen-bond donors (Lipinski definition) is 1. The van der Waals surface area contributed by atoms with Gasteiger partial charge in [0.05, 0.1) is 11.1 Å². The van der Waals surface area contributed by atoms with Crippen LogP contribution in [0.2, 0.25) is 5.02 Å². The van der Waals surface area contributed by atoms with Crippen LogP contribution in [0.15, 0.2) is 18.2 Å². The van der Waals surface area contributed by atoms with Gasteiger partial charge in [0.25, 0.3) is 0 Å². The third-order valence-electron chi connectivity index (χ3n) is 2.30. The highest BCUT2D eigenvalue weighted by atomic mass is 35.5. The first-order valence-electron chi connectivity index (χ1n) is 5.47. The number of anilines is 1. The summed E-state index contributed by atoms with van der Waals surface area (Å²) < 4.78 is 5.65. The van der Waals surface area contributed by atoms with Crippen LogP contribution in [-0.2, 0) is 0 Å². The summed E-state index contributed by atoms with van der Waals surface area (Å²) in [5.74, 6) is 0.751. The van der Waals surface area contributed by atoms with Crippen LogP contribution in [0.4, 0.5) is 5.69 Å². The van der Waals surface area contributed by atoms with E-state index in [1.54, 1.807) is 12.1 Å². The van der Waals surface area contributed by atoms with Gasteiger partial charge in [-0.1, -0.05) is 25.4 Å². The van der Waals surface area contributed by atoms with E-state index in [-0.39, 0.29) is 0 Å². The van der Waals surface area contributed by atoms with Crippen LogP contribution in [0.3, 0.4) is 0 Å². The molecule has 1 saturated carbocycles. The summed E-state index contributed by atoms with van der Waals surface area (Å²) in [6, 6.07) is 5.35. The van der Waals surface area contributed by atoms with Gasteiger partial charge in [-0.2, -0.15) is 0 Å². The van der Waals surface area contributed by atoms with Crippen molar-refractivity contribution < 1.29 is 4.74 Å². The third kappa shape index (κ3) is 3.31. The first-order chi connectivity index (χ1) is 7.25. The number of halogens is 1. The zero-order valence-electron chi connectivity index (χ0n) is 9.29. The van der Waals surface area contributed by atoms with Crippen molar-refractivity contribution in [1.29, 1.82) is 0 Å². The Bertz CT molecular complexity index is 310. The molecule has 84 valence electrons. The largest absolute Gasteiger partial charge is 0.489 e. The van der Waals surface area contributed by atoms with Crippen molar-refractivity contribution in [2.45, 2.75) is 39.2 Å². The van der Waals surface area contributed by atoms with Crippen molar-refractivity contribution in [1.82, 2.24) is 0 Å². The molecule has 1 aliphatic rings. The molecule has 0 bridgehead atoms. The van der Waals surface area contributed by atoms with Gasteiger partial charge in [0.2, 0.25) is 0 Å². The molecule has 1 aliphatic carbocycles. The molecule has 0 atom stereocenters. The van der Waals surface area contributed by atoms with Gasteiger partial charge >= 0.3 is 0 Å². The molecule has 0 radical (unpaired) electrons. The number of benzene rings is 1. The van der Waals surface area contributed by atoms with E-state index in [4.69, 9.17) is 22.1 Å². The van der Waals surface area contributed by atoms with Gasteiger partial charge in [-0.25, -0.2) is 0 Å². The maximum Gasteiger partial charge on any atom is 0.138 e. The summed E-state index contributed by atoms with van der Waals surface area (Å²) in [5, 5.41) is 0.604. The molecule has 1 aromatic carbocycles. The van der Waals surface area contributed by atoms with E-state index >= 15 is 0 Å². The van der Waals surface area contributed by atoms with Crippen LogP contribution in [0.25, 0.3) is 0 Å². The Hall–Kier alpha value is -0.890. The van der Waals surface area contributed by atoms with Crippen molar-refractivity contribution in [2.24, 2.45) is 0 Å². The summed E-state index contributed by atoms with van der Waals surface area (Å²) in [6.07, 6.45) is 3.90. The molecule has 0 amide bonds. The minimum absolute atomic E-state index is 0.362. The Labute approximate surface area is 96.4 Å². The number of rotatable bonds is 2. The normalized spacial score (nSPS) is 14.9. The van der Waals surface area contributed by atoms with Crippen molar-refractivity contribution in [2.75, 3.05) is 5.73 Å². The first kappa shape index (κ1) is 12.2. The van der Waals surface area contributed by atoms with E-state index in [0.717, 1.165) is 18.6 Å². The molecule has 1 aromatic rings. The summed E-state index contributed by atoms with van der Waals surface area (Å²) in [5.41, 5.74) is 6.24. The predicted molar refractivity (Wildman–Crippen MR) is 65.5 cm³/mol. The highest BCUT2D eigenvalue weighted by Crippen LogP contribution is 2.31. The van der Waals surface area contributed by atoms with Crippen LogP contribution in [0, 0.1) is 0 Å². The summed E-state index contributed by atoms with van der Waals surface area (Å²) in [7, 11) is 0. The molecular formula is C12H18ClNO. The van der Waals surface area contributed by atoms with Gasteiger partial charge in [-0.05, 0) is 37.5 Å². The molecule has 0 heterocycles. The lowest BCUT2D eigenvalue weighted by atomic mass is 9.96. The number of nitrogens with two attached hydrogens (primary N) is 1. The smallest absolute Gasteiger partial charge is 0.138 e. The van der Waals surface area contributed by atoms with Gasteiger partial charge in [0, 0.05) is 5.69 Å². The number of hydrogen-bond acceptors (Lipinski definition) is 2. The highest BCUT2D eigenvalue weighted by Gasteiger charge is 2.19. The lowest BCUT2D eigenvalue weighted by Gasteiger charge is -2.26. The maximum absolute atomic E-state index is 5.95. The zero-order chi connectivity index (χ0) is 11.3. The average molecular weight is 228 g/mol. The minimum atomic E-state index is 0.362. The van der Waals surface area contributed by atoms with E-state index in [1.807, 2.05) is 19.9 Å². The quantitative estimate of drug-likeness (QED) is 0.779. The topological polar surface area (TPSA) is 35.2 Å². The lowest BCUT2D eigenvalue weighted by molar-refractivity contribution is 0.120. The number of ether oxygens (including phenoxy) is 1. The molecule has 0 spiro atoms. The first-order valence-corrected chi connectivity index (χ1v) is 5.85. The summed E-state index contributed by atoms with van der Waals surface area (Å²) in [6.45, 7) is 4.00. The van der Waals surface area contributed by atoms with Gasteiger partial charge in [-0.15, -0.1) is 0 Å². The van der Waals surface area contributed by atoms with Crippen LogP contribution in [-0.4, -0.2) is 6.10 Å². The van der Waals surface area contributed by atoms with Crippen molar-refractivity contribution in [3.05, 3.63) is 23.2 Å². The fourth-order valence-electron chi connectivity index (χ4n) is 1.28. The van der Waals surface area contributed by atoms with E-state index in [0.29, 0.717) is 16.8 Å². The van der Waals surface area contributed by atoms with Crippen LogP contribution in [0.5, 0.6) is 5.75 Å². The van der Waals surface area contributed by atoms with Crippen LogP contribution >= 0.6 is 11.6 Å². The monoisotopic (exact) mass is 227 g/mol. The second kappa shape index (κ2) is 5.86. The van der Waals surface area contributed by atoms with Crippen molar-refractivity contribution in [3.8, 4) is 5.75 Å². The predicted octanol–water partition coefficient (Wildman–Crippen LogP) is 3.88. The van der Waals surface area contributed by atoms with Crippen LogP contribution < -0.4 is 10.5 Å². The molecular weight excluding hydrogens is 210 g/mol. The zero-order valence-corrected chi connectivity index (χ0v) is 10.1. The van der Waals surface area contributed by atoms with Crippen molar-refractivity contribution in [3.63, 3.8) is 0 Å². The maximum atomic E-state index is 5.95. The molecule has 3 heteroatoms. The number of nitrogen functional groups attached to an aromatic ring is 1. The second-order valence-corrected chi connectivity index (χ2v) is 3.77. The fraction of sp³-hybridized carbons (Fsp3) is 0.500.